The highest BCUT2D eigenvalue weighted by molar-refractivity contribution is 8.01. The predicted octanol–water partition coefficient (Wildman–Crippen LogP) is 2.48. The maximum Gasteiger partial charge on any atom is 0.408 e. The van der Waals surface area contributed by atoms with Gasteiger partial charge in [-0.15, -0.1) is 11.8 Å². The number of nitrogens with zero attached hydrogens (tertiary/aromatic N) is 1. The number of hydrogen-bond donors (Lipinski definition) is 1. The molecule has 1 aliphatic rings. The van der Waals surface area contributed by atoms with Crippen LogP contribution in [-0.2, 0) is 4.79 Å². The maximum atomic E-state index is 12.8. The van der Waals surface area contributed by atoms with E-state index >= 15 is 0 Å². The number of thioether (sulfide) groups is 1. The number of rotatable bonds is 3. The lowest BCUT2D eigenvalue weighted by Gasteiger charge is -2.32. The van der Waals surface area contributed by atoms with E-state index in [0.29, 0.717) is 18.0 Å². The minimum absolute atomic E-state index is 0.280. The highest BCUT2D eigenvalue weighted by atomic mass is 32.2. The largest absolute Gasteiger partial charge is 0.477 e. The van der Waals surface area contributed by atoms with Crippen molar-refractivity contribution in [2.45, 2.75) is 24.3 Å². The molecule has 90 valence electrons. The fourth-order valence-corrected chi connectivity index (χ4v) is 2.30. The second-order valence-corrected chi connectivity index (χ2v) is 4.77. The first-order valence-electron chi connectivity index (χ1n) is 4.52. The van der Waals surface area contributed by atoms with Crippen LogP contribution >= 0.6 is 11.8 Å². The lowest BCUT2D eigenvalue weighted by Crippen LogP contribution is -2.44. The van der Waals surface area contributed by atoms with Crippen LogP contribution in [0.4, 0.5) is 13.2 Å². The molecule has 0 spiro atoms. The quantitative estimate of drug-likeness (QED) is 0.840. The van der Waals surface area contributed by atoms with Crippen LogP contribution in [0.1, 0.15) is 13.3 Å². The fraction of sp³-hybridized carbons (Fsp3) is 0.556. The normalized spacial score (nSPS) is 25.4. The van der Waals surface area contributed by atoms with E-state index in [4.69, 9.17) is 5.11 Å². The number of aliphatic imine (C=N–C) groups is 1. The van der Waals surface area contributed by atoms with Crippen molar-refractivity contribution in [2.24, 2.45) is 4.99 Å². The third-order valence-corrected chi connectivity index (χ3v) is 3.42. The van der Waals surface area contributed by atoms with Gasteiger partial charge in [-0.2, -0.15) is 13.2 Å². The van der Waals surface area contributed by atoms with E-state index in [1.165, 1.54) is 0 Å². The fourth-order valence-electron chi connectivity index (χ4n) is 1.29. The minimum Gasteiger partial charge on any atom is -0.477 e. The molecule has 7 heteroatoms. The summed E-state index contributed by atoms with van der Waals surface area (Å²) in [7, 11) is 0. The number of carbonyl (C=O) groups is 1. The number of hydrogen-bond acceptors (Lipinski definition) is 3. The van der Waals surface area contributed by atoms with Crippen molar-refractivity contribution in [3.63, 3.8) is 0 Å². The summed E-state index contributed by atoms with van der Waals surface area (Å²) in [5, 5.41) is 8.57. The Kier molecular flexibility index (Phi) is 3.67. The van der Waals surface area contributed by atoms with Crippen molar-refractivity contribution in [1.82, 2.24) is 0 Å². The average molecular weight is 253 g/mol. The summed E-state index contributed by atoms with van der Waals surface area (Å²) >= 11 is 0.709. The van der Waals surface area contributed by atoms with Crippen LogP contribution in [0, 0.1) is 0 Å². The summed E-state index contributed by atoms with van der Waals surface area (Å²) in [6.07, 6.45) is -3.11. The van der Waals surface area contributed by atoms with Crippen LogP contribution in [0.3, 0.4) is 0 Å². The zero-order chi connectivity index (χ0) is 12.4. The van der Waals surface area contributed by atoms with Gasteiger partial charge in [-0.1, -0.05) is 6.92 Å². The molecule has 16 heavy (non-hydrogen) atoms. The molecule has 1 aliphatic heterocycles. The lowest BCUT2D eigenvalue weighted by atomic mass is 10.0. The summed E-state index contributed by atoms with van der Waals surface area (Å²) in [5.41, 5.74) is -0.337. The molecule has 0 saturated heterocycles. The first-order valence-corrected chi connectivity index (χ1v) is 5.50. The van der Waals surface area contributed by atoms with E-state index in [1.807, 2.05) is 0 Å². The van der Waals surface area contributed by atoms with Crippen LogP contribution in [0.2, 0.25) is 0 Å². The average Bonchev–Trinajstić information content (AvgIpc) is 2.17. The Bertz CT molecular complexity index is 351. The smallest absolute Gasteiger partial charge is 0.408 e. The molecule has 0 aliphatic carbocycles. The molecule has 1 unspecified atom stereocenters. The lowest BCUT2D eigenvalue weighted by molar-refractivity contribution is -0.142. The Morgan fingerprint density at radius 1 is 1.69 bits per heavy atom. The van der Waals surface area contributed by atoms with E-state index in [1.54, 1.807) is 6.92 Å². The van der Waals surface area contributed by atoms with Crippen LogP contribution in [-0.4, -0.2) is 34.0 Å². The van der Waals surface area contributed by atoms with Crippen LogP contribution in [0.5, 0.6) is 0 Å². The molecule has 3 nitrogen and oxygen atoms in total. The SMILES string of the molecule is CCSC1(C(F)(F)F)C=NC(C(=O)O)=CC1. The zero-order valence-corrected chi connectivity index (χ0v) is 9.23. The molecular weight excluding hydrogens is 243 g/mol. The van der Waals surface area contributed by atoms with Gasteiger partial charge >= 0.3 is 12.1 Å². The minimum atomic E-state index is -4.43. The van der Waals surface area contributed by atoms with Gasteiger partial charge in [-0.25, -0.2) is 4.79 Å². The number of carboxylic acids is 1. The van der Waals surface area contributed by atoms with Gasteiger partial charge in [0.15, 0.2) is 0 Å². The van der Waals surface area contributed by atoms with Crippen molar-refractivity contribution in [1.29, 1.82) is 0 Å². The molecule has 0 radical (unpaired) electrons. The van der Waals surface area contributed by atoms with E-state index in [9.17, 15) is 18.0 Å². The Hall–Kier alpha value is -0.980. The predicted molar refractivity (Wildman–Crippen MR) is 55.7 cm³/mol. The van der Waals surface area contributed by atoms with E-state index in [-0.39, 0.29) is 17.9 Å². The Morgan fingerprint density at radius 2 is 2.31 bits per heavy atom. The summed E-state index contributed by atoms with van der Waals surface area (Å²) in [5.74, 6) is -1.03. The summed E-state index contributed by atoms with van der Waals surface area (Å²) in [6.45, 7) is 1.61. The summed E-state index contributed by atoms with van der Waals surface area (Å²) < 4.78 is 36.4. The molecule has 1 rings (SSSR count). The maximum absolute atomic E-state index is 12.8. The standard InChI is InChI=1S/C9H10F3NO2S/c1-2-16-8(9(10,11)12)4-3-6(7(14)15)13-5-8/h3,5H,2,4H2,1H3,(H,14,15). The molecule has 0 aromatic carbocycles. The van der Waals surface area contributed by atoms with Gasteiger partial charge in [0.1, 0.15) is 10.4 Å². The molecule has 0 bridgehead atoms. The highest BCUT2D eigenvalue weighted by Gasteiger charge is 2.54. The van der Waals surface area contributed by atoms with Crippen LogP contribution in [0.25, 0.3) is 0 Å². The molecule has 0 amide bonds. The molecule has 0 fully saturated rings. The van der Waals surface area contributed by atoms with E-state index in [0.717, 1.165) is 6.08 Å². The van der Waals surface area contributed by atoms with Crippen molar-refractivity contribution >= 4 is 23.9 Å². The van der Waals surface area contributed by atoms with Crippen molar-refractivity contribution in [2.75, 3.05) is 5.75 Å². The second-order valence-electron chi connectivity index (χ2n) is 3.18. The van der Waals surface area contributed by atoms with Crippen LogP contribution in [0.15, 0.2) is 16.8 Å². The van der Waals surface area contributed by atoms with Gasteiger partial charge < -0.3 is 5.11 Å². The Balaban J connectivity index is 2.96. The molecule has 0 aromatic heterocycles. The number of allylic oxidation sites excluding steroid dienone is 1. The Labute approximate surface area is 94.4 Å². The second kappa shape index (κ2) is 4.48. The number of halogens is 3. The molecule has 1 atom stereocenters. The first kappa shape index (κ1) is 13.1. The van der Waals surface area contributed by atoms with Gasteiger partial charge in [0.05, 0.1) is 0 Å². The third kappa shape index (κ3) is 2.40. The van der Waals surface area contributed by atoms with Crippen molar-refractivity contribution < 1.29 is 23.1 Å². The molecule has 1 N–H and O–H groups in total. The first-order chi connectivity index (χ1) is 7.32. The number of alkyl halides is 3. The van der Waals surface area contributed by atoms with Gasteiger partial charge in [0.2, 0.25) is 0 Å². The van der Waals surface area contributed by atoms with Crippen molar-refractivity contribution in [3.8, 4) is 0 Å². The molecular formula is C9H10F3NO2S. The summed E-state index contributed by atoms with van der Waals surface area (Å²) in [4.78, 5) is 13.9. The molecule has 0 saturated carbocycles. The van der Waals surface area contributed by atoms with Crippen molar-refractivity contribution in [3.05, 3.63) is 11.8 Å². The van der Waals surface area contributed by atoms with E-state index < -0.39 is 16.9 Å². The van der Waals surface area contributed by atoms with Gasteiger partial charge in [-0.3, -0.25) is 4.99 Å². The Morgan fingerprint density at radius 3 is 2.62 bits per heavy atom. The monoisotopic (exact) mass is 253 g/mol. The van der Waals surface area contributed by atoms with E-state index in [2.05, 4.69) is 4.99 Å². The van der Waals surface area contributed by atoms with Gasteiger partial charge in [0, 0.05) is 6.21 Å². The van der Waals surface area contributed by atoms with Gasteiger partial charge in [-0.05, 0) is 18.2 Å². The number of aliphatic carboxylic acids is 1. The summed E-state index contributed by atoms with van der Waals surface area (Å²) in [6, 6.07) is 0. The highest BCUT2D eigenvalue weighted by Crippen LogP contribution is 2.44. The molecule has 1 heterocycles. The van der Waals surface area contributed by atoms with Crippen LogP contribution < -0.4 is 0 Å². The van der Waals surface area contributed by atoms with Gasteiger partial charge in [0.25, 0.3) is 0 Å². The molecule has 0 aromatic rings. The topological polar surface area (TPSA) is 49.7 Å². The third-order valence-electron chi connectivity index (χ3n) is 2.11. The number of carboxylic acid groups (broad SMARTS) is 1. The zero-order valence-electron chi connectivity index (χ0n) is 8.41.